The average Bonchev–Trinajstić information content (AvgIpc) is 2.77. The van der Waals surface area contributed by atoms with Crippen molar-refractivity contribution in [3.05, 3.63) is 96.6 Å². The summed E-state index contributed by atoms with van der Waals surface area (Å²) in [5, 5.41) is 10.2. The number of benzene rings is 3. The van der Waals surface area contributed by atoms with Crippen LogP contribution in [0.15, 0.2) is 89.8 Å². The molecule has 3 rings (SSSR count). The van der Waals surface area contributed by atoms with E-state index in [0.29, 0.717) is 30.9 Å². The van der Waals surface area contributed by atoms with Gasteiger partial charge in [-0.2, -0.15) is 0 Å². The van der Waals surface area contributed by atoms with Crippen molar-refractivity contribution in [3.63, 3.8) is 0 Å². The minimum absolute atomic E-state index is 0.205. The number of hydrogen-bond acceptors (Lipinski definition) is 4. The van der Waals surface area contributed by atoms with Gasteiger partial charge in [-0.05, 0) is 48.7 Å². The Bertz CT molecular complexity index is 1050. The summed E-state index contributed by atoms with van der Waals surface area (Å²) in [6.07, 6.45) is 4.11. The largest absolute Gasteiger partial charge is 0.493 e. The van der Waals surface area contributed by atoms with Crippen LogP contribution in [0.3, 0.4) is 0 Å². The molecule has 0 bridgehead atoms. The van der Waals surface area contributed by atoms with Gasteiger partial charge in [0, 0.05) is 11.8 Å². The van der Waals surface area contributed by atoms with E-state index in [2.05, 4.69) is 10.8 Å². The minimum Gasteiger partial charge on any atom is -0.493 e. The van der Waals surface area contributed by atoms with Crippen LogP contribution in [0.2, 0.25) is 0 Å². The third-order valence-corrected chi connectivity index (χ3v) is 5.68. The van der Waals surface area contributed by atoms with Gasteiger partial charge >= 0.3 is 0 Å². The van der Waals surface area contributed by atoms with Gasteiger partial charge < -0.3 is 9.84 Å². The summed E-state index contributed by atoms with van der Waals surface area (Å²) >= 11 is 0. The molecule has 0 aliphatic rings. The third-order valence-electron chi connectivity index (χ3n) is 4.29. The number of rotatable bonds is 10. The molecule has 0 aliphatic heterocycles. The van der Waals surface area contributed by atoms with Crippen LogP contribution < -0.4 is 9.46 Å². The Morgan fingerprint density at radius 1 is 1.03 bits per heavy atom. The zero-order valence-corrected chi connectivity index (χ0v) is 17.3. The number of aliphatic hydroxyl groups is 1. The van der Waals surface area contributed by atoms with E-state index in [0.717, 1.165) is 5.56 Å². The molecule has 0 spiro atoms. The van der Waals surface area contributed by atoms with E-state index in [1.807, 2.05) is 24.3 Å². The van der Waals surface area contributed by atoms with E-state index in [-0.39, 0.29) is 4.90 Å². The molecule has 0 aromatic heterocycles. The maximum absolute atomic E-state index is 12.4. The molecule has 0 unspecified atom stereocenters. The number of sulfonamides is 1. The third kappa shape index (κ3) is 6.76. The van der Waals surface area contributed by atoms with E-state index in [1.165, 1.54) is 0 Å². The summed E-state index contributed by atoms with van der Waals surface area (Å²) in [7, 11) is -3.64. The van der Waals surface area contributed by atoms with Crippen LogP contribution >= 0.6 is 0 Å². The highest BCUT2D eigenvalue weighted by Gasteiger charge is 2.13. The summed E-state index contributed by atoms with van der Waals surface area (Å²) in [4.78, 5) is 0.205. The van der Waals surface area contributed by atoms with Gasteiger partial charge in [-0.3, -0.25) is 4.72 Å². The predicted octanol–water partition coefficient (Wildman–Crippen LogP) is 4.52. The fraction of sp³-hybridized carbons (Fsp3) is 0.167. The Balaban J connectivity index is 1.51. The molecule has 5 nitrogen and oxygen atoms in total. The van der Waals surface area contributed by atoms with Crippen molar-refractivity contribution in [2.24, 2.45) is 0 Å². The number of nitrogens with one attached hydrogen (secondary N) is 1. The summed E-state index contributed by atoms with van der Waals surface area (Å²) in [5.41, 5.74) is 1.25. The molecule has 2 N–H and O–H groups in total. The van der Waals surface area contributed by atoms with E-state index in [9.17, 15) is 13.5 Å². The molecule has 0 fully saturated rings. The summed E-state index contributed by atoms with van der Waals surface area (Å²) in [6, 6.07) is 25.6. The lowest BCUT2D eigenvalue weighted by Gasteiger charge is -2.09. The van der Waals surface area contributed by atoms with Crippen molar-refractivity contribution in [2.75, 3.05) is 11.3 Å². The summed E-state index contributed by atoms with van der Waals surface area (Å²) < 4.78 is 33.0. The smallest absolute Gasteiger partial charge is 0.261 e. The van der Waals surface area contributed by atoms with Gasteiger partial charge in [0.25, 0.3) is 10.0 Å². The zero-order chi connectivity index (χ0) is 21.2. The minimum atomic E-state index is -3.64. The molecule has 6 heteroatoms. The monoisotopic (exact) mass is 422 g/mol. The van der Waals surface area contributed by atoms with Gasteiger partial charge in [-0.25, -0.2) is 8.42 Å². The number of anilines is 1. The van der Waals surface area contributed by atoms with Gasteiger partial charge in [0.2, 0.25) is 0 Å². The molecule has 0 aliphatic carbocycles. The molecule has 0 amide bonds. The van der Waals surface area contributed by atoms with Crippen LogP contribution in [-0.4, -0.2) is 26.2 Å². The molecule has 30 heavy (non-hydrogen) atoms. The topological polar surface area (TPSA) is 75.6 Å². The Morgan fingerprint density at radius 3 is 2.60 bits per heavy atom. The molecule has 0 saturated heterocycles. The molecular formula is C24H24NO4S. The van der Waals surface area contributed by atoms with Crippen LogP contribution in [0.5, 0.6) is 5.75 Å². The molecule has 0 saturated carbocycles. The predicted molar refractivity (Wildman–Crippen MR) is 119 cm³/mol. The first-order valence-electron chi connectivity index (χ1n) is 9.67. The molecule has 0 heterocycles. The molecule has 155 valence electrons. The fourth-order valence-electron chi connectivity index (χ4n) is 2.78. The van der Waals surface area contributed by atoms with Crippen molar-refractivity contribution in [1.29, 1.82) is 0 Å². The van der Waals surface area contributed by atoms with Crippen LogP contribution in [0, 0.1) is 6.07 Å². The first-order valence-corrected chi connectivity index (χ1v) is 11.1. The van der Waals surface area contributed by atoms with Gasteiger partial charge in [-0.15, -0.1) is 0 Å². The summed E-state index contributed by atoms with van der Waals surface area (Å²) in [5.74, 6) is 0.692. The maximum atomic E-state index is 12.4. The number of ether oxygens (including phenoxy) is 1. The van der Waals surface area contributed by atoms with Gasteiger partial charge in [0.05, 0.1) is 17.6 Å². The highest BCUT2D eigenvalue weighted by Crippen LogP contribution is 2.18. The number of hydrogen-bond donors (Lipinski definition) is 2. The van der Waals surface area contributed by atoms with Crippen LogP contribution in [0.25, 0.3) is 6.08 Å². The molecule has 1 atom stereocenters. The van der Waals surface area contributed by atoms with Gasteiger partial charge in [0.1, 0.15) is 5.75 Å². The fourth-order valence-corrected chi connectivity index (χ4v) is 3.85. The molecule has 3 aromatic carbocycles. The zero-order valence-electron chi connectivity index (χ0n) is 16.4. The Hall–Kier alpha value is -3.09. The average molecular weight is 423 g/mol. The van der Waals surface area contributed by atoms with Crippen LogP contribution in [0.4, 0.5) is 5.69 Å². The van der Waals surface area contributed by atoms with E-state index >= 15 is 0 Å². The van der Waals surface area contributed by atoms with Crippen molar-refractivity contribution < 1.29 is 18.3 Å². The molecular weight excluding hydrogens is 398 g/mol. The van der Waals surface area contributed by atoms with Gasteiger partial charge in [-0.1, -0.05) is 60.7 Å². The Morgan fingerprint density at radius 2 is 1.83 bits per heavy atom. The van der Waals surface area contributed by atoms with E-state index in [4.69, 9.17) is 4.74 Å². The highest BCUT2D eigenvalue weighted by atomic mass is 32.2. The molecule has 1 radical (unpaired) electrons. The maximum Gasteiger partial charge on any atom is 0.261 e. The van der Waals surface area contributed by atoms with Gasteiger partial charge in [0.15, 0.2) is 0 Å². The second kappa shape index (κ2) is 10.6. The highest BCUT2D eigenvalue weighted by molar-refractivity contribution is 7.92. The standard InChI is InChI=1S/C24H24NO4S/c26-22(11-8-18-29-23-12-3-1-4-13-23)17-16-20-9-7-10-21(19-20)25-30(27,28)24-14-5-2-6-15-24/h1-7,9-10,12,14-17,19,22,25-26H,8,11,18H2/b17-16+/t22-/m1/s1. The SMILES string of the molecule is O=S(=O)(Nc1cccc(/C=C/[C@H](O)CCCOc2[c]cccc2)c1)c1ccccc1. The van der Waals surface area contributed by atoms with Crippen molar-refractivity contribution >= 4 is 21.8 Å². The van der Waals surface area contributed by atoms with E-state index < -0.39 is 16.1 Å². The second-order valence-electron chi connectivity index (χ2n) is 6.69. The summed E-state index contributed by atoms with van der Waals surface area (Å²) in [6.45, 7) is 0.502. The van der Waals surface area contributed by atoms with Crippen molar-refractivity contribution in [1.82, 2.24) is 0 Å². The molecule has 3 aromatic rings. The lowest BCUT2D eigenvalue weighted by atomic mass is 10.1. The first-order chi connectivity index (χ1) is 14.5. The Kier molecular flexibility index (Phi) is 7.65. The lowest BCUT2D eigenvalue weighted by Crippen LogP contribution is -2.12. The van der Waals surface area contributed by atoms with Crippen molar-refractivity contribution in [3.8, 4) is 5.75 Å². The normalized spacial score (nSPS) is 12.6. The van der Waals surface area contributed by atoms with Crippen molar-refractivity contribution in [2.45, 2.75) is 23.8 Å². The number of aliphatic hydroxyl groups excluding tert-OH is 1. The van der Waals surface area contributed by atoms with E-state index in [1.54, 1.807) is 66.7 Å². The first kappa shape index (κ1) is 21.6. The number of para-hydroxylation sites is 1. The van der Waals surface area contributed by atoms with Crippen LogP contribution in [-0.2, 0) is 10.0 Å². The van der Waals surface area contributed by atoms with Crippen LogP contribution in [0.1, 0.15) is 18.4 Å². The lowest BCUT2D eigenvalue weighted by molar-refractivity contribution is 0.195. The second-order valence-corrected chi connectivity index (χ2v) is 8.37. The Labute approximate surface area is 177 Å². The quantitative estimate of drug-likeness (QED) is 0.471.